The molecule has 9 nitrogen and oxygen atoms in total. The molecule has 0 saturated heterocycles. The molecular formula is C70H123NO8P+. The van der Waals surface area contributed by atoms with Gasteiger partial charge < -0.3 is 18.9 Å². The molecule has 0 saturated carbocycles. The van der Waals surface area contributed by atoms with Crippen LogP contribution < -0.4 is 0 Å². The highest BCUT2D eigenvalue weighted by Crippen LogP contribution is 2.43. The van der Waals surface area contributed by atoms with Crippen LogP contribution in [0.15, 0.2) is 109 Å². The summed E-state index contributed by atoms with van der Waals surface area (Å²) < 4.78 is 34.6. The molecule has 0 aromatic carbocycles. The summed E-state index contributed by atoms with van der Waals surface area (Å²) in [5.41, 5.74) is 0. The minimum atomic E-state index is -4.39. The zero-order chi connectivity index (χ0) is 58.4. The average molecular weight is 1140 g/mol. The van der Waals surface area contributed by atoms with Crippen molar-refractivity contribution in [3.63, 3.8) is 0 Å². The van der Waals surface area contributed by atoms with Gasteiger partial charge in [0, 0.05) is 12.8 Å². The van der Waals surface area contributed by atoms with E-state index in [1.54, 1.807) is 0 Å². The van der Waals surface area contributed by atoms with Crippen LogP contribution in [0.2, 0.25) is 0 Å². The number of allylic oxidation sites excluding steroid dienone is 18. The van der Waals surface area contributed by atoms with E-state index in [1.807, 2.05) is 21.1 Å². The number of rotatable bonds is 59. The van der Waals surface area contributed by atoms with Crippen molar-refractivity contribution in [1.29, 1.82) is 0 Å². The van der Waals surface area contributed by atoms with Crippen molar-refractivity contribution in [2.45, 2.75) is 277 Å². The molecule has 0 spiro atoms. The van der Waals surface area contributed by atoms with E-state index in [-0.39, 0.29) is 32.0 Å². The molecule has 0 aliphatic heterocycles. The van der Waals surface area contributed by atoms with Gasteiger partial charge in [-0.15, -0.1) is 0 Å². The first-order valence-electron chi connectivity index (χ1n) is 32.6. The highest BCUT2D eigenvalue weighted by molar-refractivity contribution is 7.47. The third kappa shape index (κ3) is 63.8. The van der Waals surface area contributed by atoms with Crippen LogP contribution in [0.4, 0.5) is 0 Å². The van der Waals surface area contributed by atoms with Gasteiger partial charge in [0.1, 0.15) is 19.8 Å². The van der Waals surface area contributed by atoms with Gasteiger partial charge in [-0.2, -0.15) is 0 Å². The molecule has 2 unspecified atom stereocenters. The summed E-state index contributed by atoms with van der Waals surface area (Å²) >= 11 is 0. The van der Waals surface area contributed by atoms with E-state index < -0.39 is 26.5 Å². The van der Waals surface area contributed by atoms with Crippen molar-refractivity contribution < 1.29 is 42.1 Å². The molecule has 0 aromatic rings. The van der Waals surface area contributed by atoms with Crippen LogP contribution in [0.5, 0.6) is 0 Å². The van der Waals surface area contributed by atoms with Gasteiger partial charge in [0.05, 0.1) is 27.7 Å². The highest BCUT2D eigenvalue weighted by Gasteiger charge is 2.27. The normalized spacial score (nSPS) is 13.9. The van der Waals surface area contributed by atoms with Crippen molar-refractivity contribution in [3.05, 3.63) is 109 Å². The molecular weight excluding hydrogens is 1010 g/mol. The van der Waals surface area contributed by atoms with Crippen molar-refractivity contribution in [3.8, 4) is 0 Å². The number of likely N-dealkylation sites (N-methyl/N-ethyl adjacent to an activating group) is 1. The van der Waals surface area contributed by atoms with Crippen molar-refractivity contribution >= 4 is 19.8 Å². The van der Waals surface area contributed by atoms with E-state index in [0.29, 0.717) is 17.4 Å². The van der Waals surface area contributed by atoms with Gasteiger partial charge in [0.15, 0.2) is 6.10 Å². The van der Waals surface area contributed by atoms with Gasteiger partial charge in [0.25, 0.3) is 0 Å². The number of esters is 2. The lowest BCUT2D eigenvalue weighted by Gasteiger charge is -2.24. The van der Waals surface area contributed by atoms with Crippen LogP contribution >= 0.6 is 7.82 Å². The lowest BCUT2D eigenvalue weighted by molar-refractivity contribution is -0.870. The lowest BCUT2D eigenvalue weighted by Crippen LogP contribution is -2.37. The Balaban J connectivity index is 4.04. The third-order valence-corrected chi connectivity index (χ3v) is 14.8. The summed E-state index contributed by atoms with van der Waals surface area (Å²) in [6.45, 7) is 4.32. The first-order valence-corrected chi connectivity index (χ1v) is 34.1. The summed E-state index contributed by atoms with van der Waals surface area (Å²) in [4.78, 5) is 35.7. The van der Waals surface area contributed by atoms with Crippen LogP contribution in [-0.4, -0.2) is 74.9 Å². The number of ether oxygens (including phenoxy) is 2. The Morgan fingerprint density at radius 2 is 0.713 bits per heavy atom. The molecule has 0 aliphatic carbocycles. The Hall–Kier alpha value is -3.33. The number of carbonyl (C=O) groups is 2. The summed E-state index contributed by atoms with van der Waals surface area (Å²) in [6.07, 6.45) is 84.6. The quantitative estimate of drug-likeness (QED) is 0.0211. The summed E-state index contributed by atoms with van der Waals surface area (Å²) in [5, 5.41) is 0. The van der Waals surface area contributed by atoms with Crippen LogP contribution in [-0.2, 0) is 32.7 Å². The van der Waals surface area contributed by atoms with Crippen LogP contribution in [0, 0.1) is 0 Å². The van der Waals surface area contributed by atoms with Gasteiger partial charge >= 0.3 is 19.8 Å². The molecule has 0 bridgehead atoms. The van der Waals surface area contributed by atoms with Gasteiger partial charge in [-0.3, -0.25) is 18.6 Å². The second kappa shape index (κ2) is 60.3. The van der Waals surface area contributed by atoms with E-state index in [2.05, 4.69) is 123 Å². The van der Waals surface area contributed by atoms with Gasteiger partial charge in [-0.1, -0.05) is 264 Å². The first kappa shape index (κ1) is 76.7. The Bertz CT molecular complexity index is 1720. The Morgan fingerprint density at radius 1 is 0.400 bits per heavy atom. The number of phosphoric acid groups is 1. The van der Waals surface area contributed by atoms with E-state index in [1.165, 1.54) is 135 Å². The second-order valence-electron chi connectivity index (χ2n) is 22.8. The van der Waals surface area contributed by atoms with E-state index in [9.17, 15) is 19.0 Å². The zero-order valence-corrected chi connectivity index (χ0v) is 53.2. The maximum atomic E-state index is 12.8. The Labute approximate surface area is 493 Å². The summed E-state index contributed by atoms with van der Waals surface area (Å²) in [5.74, 6) is -0.801. The number of phosphoric ester groups is 1. The zero-order valence-electron chi connectivity index (χ0n) is 52.3. The number of quaternary nitrogens is 1. The molecule has 10 heteroatoms. The number of hydrogen-bond acceptors (Lipinski definition) is 7. The predicted octanol–water partition coefficient (Wildman–Crippen LogP) is 20.9. The Kier molecular flexibility index (Phi) is 57.8. The first-order chi connectivity index (χ1) is 39.0. The molecule has 2 atom stereocenters. The fraction of sp³-hybridized carbons (Fsp3) is 0.714. The van der Waals surface area contributed by atoms with E-state index in [0.717, 1.165) is 103 Å². The minimum absolute atomic E-state index is 0.0280. The second-order valence-corrected chi connectivity index (χ2v) is 24.2. The van der Waals surface area contributed by atoms with E-state index >= 15 is 0 Å². The fourth-order valence-corrected chi connectivity index (χ4v) is 9.53. The standard InChI is InChI=1S/C70H122NO8P/c1-6-8-10-12-14-16-18-20-22-24-25-26-27-28-29-30-31-32-33-34-35-36-37-38-39-40-41-42-43-44-45-47-49-51-53-55-57-59-61-63-70(73)79-68(67-78-80(74,75)77-65-64-71(3,4)5)66-76-69(72)62-60-58-56-54-52-50-48-46-23-21-19-17-15-13-11-9-7-2/h8,10,14,16,20-23,25-26,28-29,31-32,34-35,37-38,68H,6-7,9,11-13,15,17-19,24,27,30,33,36,39-67H2,1-5H3/p+1/b10-8-,16-14-,22-20-,23-21-,26-25-,29-28-,32-31-,35-34-,38-37-. The number of nitrogens with zero attached hydrogens (tertiary/aromatic N) is 1. The number of unbranched alkanes of at least 4 members (excludes halogenated alkanes) is 27. The smallest absolute Gasteiger partial charge is 0.462 e. The molecule has 0 amide bonds. The molecule has 1 N–H and O–H groups in total. The topological polar surface area (TPSA) is 108 Å². The highest BCUT2D eigenvalue weighted by atomic mass is 31.2. The molecule has 0 radical (unpaired) electrons. The SMILES string of the molecule is CC/C=C\C/C=C\C/C=C\C/C=C\C/C=C\C/C=C\C/C=C\C/C=C\CCCCCCCCCCCCCCCCC(=O)OC(COC(=O)CCCCCCCCC/C=C\CCCCCCCC)COP(=O)(O)OCC[N+](C)(C)C. The predicted molar refractivity (Wildman–Crippen MR) is 344 cm³/mol. The minimum Gasteiger partial charge on any atom is -0.462 e. The molecule has 0 aromatic heterocycles. The van der Waals surface area contributed by atoms with Crippen LogP contribution in [0.25, 0.3) is 0 Å². The Morgan fingerprint density at radius 3 is 1.07 bits per heavy atom. The molecule has 80 heavy (non-hydrogen) atoms. The maximum Gasteiger partial charge on any atom is 0.472 e. The molecule has 0 fully saturated rings. The molecule has 460 valence electrons. The van der Waals surface area contributed by atoms with Crippen molar-refractivity contribution in [1.82, 2.24) is 0 Å². The molecule has 0 heterocycles. The summed E-state index contributed by atoms with van der Waals surface area (Å²) in [7, 11) is 1.47. The maximum absolute atomic E-state index is 12.8. The fourth-order valence-electron chi connectivity index (χ4n) is 8.79. The van der Waals surface area contributed by atoms with Gasteiger partial charge in [-0.25, -0.2) is 4.57 Å². The van der Waals surface area contributed by atoms with Crippen molar-refractivity contribution in [2.24, 2.45) is 0 Å². The van der Waals surface area contributed by atoms with E-state index in [4.69, 9.17) is 18.5 Å². The monoisotopic (exact) mass is 1140 g/mol. The molecule has 0 rings (SSSR count). The van der Waals surface area contributed by atoms with Crippen LogP contribution in [0.1, 0.15) is 271 Å². The summed E-state index contributed by atoms with van der Waals surface area (Å²) in [6, 6.07) is 0. The third-order valence-electron chi connectivity index (χ3n) is 13.8. The lowest BCUT2D eigenvalue weighted by atomic mass is 10.0. The number of carbonyl (C=O) groups excluding carboxylic acids is 2. The number of hydrogen-bond donors (Lipinski definition) is 1. The van der Waals surface area contributed by atoms with Gasteiger partial charge in [0.2, 0.25) is 0 Å². The van der Waals surface area contributed by atoms with Crippen molar-refractivity contribution in [2.75, 3.05) is 47.5 Å². The molecule has 0 aliphatic rings. The largest absolute Gasteiger partial charge is 0.472 e. The van der Waals surface area contributed by atoms with Crippen LogP contribution in [0.3, 0.4) is 0 Å². The van der Waals surface area contributed by atoms with Gasteiger partial charge in [-0.05, 0) is 103 Å². The average Bonchev–Trinajstić information content (AvgIpc) is 3.42.